The molecule has 0 bridgehead atoms. The summed E-state index contributed by atoms with van der Waals surface area (Å²) in [5.74, 6) is -5.11. The number of unbranched alkanes of at least 4 members (excludes halogenated alkanes) is 1. The maximum atomic E-state index is 10.6. The number of carbonyl (C=O) groups excluding carboxylic acids is 2. The number of phenols is 4. The maximum absolute atomic E-state index is 10.6. The van der Waals surface area contributed by atoms with Gasteiger partial charge in [0.25, 0.3) is 0 Å². The number of rotatable bonds is 11. The molecule has 11 heteroatoms. The number of aromatic carboxylic acids is 2. The SMILES string of the molecule is CCCCC(=Nc1ccccc1)C(CC)=Nc1ccccc1.CCc1ccc(O)c(O)c1C(=O)[O-].CCc1ccc(O)c(O)c1C(=O)[O-].[Ni+2]. The first kappa shape index (κ1) is 41.9. The van der Waals surface area contributed by atoms with Crippen LogP contribution in [0.2, 0.25) is 0 Å². The van der Waals surface area contributed by atoms with Gasteiger partial charge in [-0.1, -0.05) is 82.6 Å². The average Bonchev–Trinajstić information content (AvgIpc) is 3.09. The fourth-order valence-corrected chi connectivity index (χ4v) is 4.56. The molecule has 4 N–H and O–H groups in total. The van der Waals surface area contributed by atoms with Crippen molar-refractivity contribution in [2.45, 2.75) is 66.2 Å². The number of carboxylic acid groups (broad SMARTS) is 2. The molecule has 4 rings (SSSR count). The van der Waals surface area contributed by atoms with Gasteiger partial charge in [0.05, 0.1) is 34.7 Å². The first-order chi connectivity index (χ1) is 23.0. The van der Waals surface area contributed by atoms with Crippen LogP contribution in [-0.2, 0) is 29.3 Å². The van der Waals surface area contributed by atoms with E-state index in [1.807, 2.05) is 60.7 Å². The zero-order valence-electron chi connectivity index (χ0n) is 28.0. The van der Waals surface area contributed by atoms with Crippen LogP contribution >= 0.6 is 0 Å². The van der Waals surface area contributed by atoms with E-state index in [2.05, 4.69) is 13.8 Å². The molecule has 0 spiro atoms. The fraction of sp³-hybridized carbons (Fsp3) is 0.263. The van der Waals surface area contributed by atoms with Gasteiger partial charge in [-0.3, -0.25) is 9.98 Å². The van der Waals surface area contributed by atoms with Crippen LogP contribution < -0.4 is 10.2 Å². The quantitative estimate of drug-likeness (QED) is 0.0807. The third-order valence-corrected chi connectivity index (χ3v) is 7.13. The van der Waals surface area contributed by atoms with Crippen molar-refractivity contribution in [3.8, 4) is 23.0 Å². The summed E-state index contributed by atoms with van der Waals surface area (Å²) >= 11 is 0. The van der Waals surface area contributed by atoms with Gasteiger partial charge in [0.15, 0.2) is 23.0 Å². The topological polar surface area (TPSA) is 186 Å². The van der Waals surface area contributed by atoms with E-state index in [-0.39, 0.29) is 27.6 Å². The number of benzene rings is 4. The van der Waals surface area contributed by atoms with Crippen LogP contribution in [0.15, 0.2) is 94.9 Å². The van der Waals surface area contributed by atoms with E-state index < -0.39 is 34.9 Å². The molecule has 4 aromatic carbocycles. The Hall–Kier alpha value is -5.15. The van der Waals surface area contributed by atoms with Crippen molar-refractivity contribution in [3.63, 3.8) is 0 Å². The number of aliphatic imine (C=N–C) groups is 2. The molecule has 0 saturated carbocycles. The monoisotopic (exact) mass is 712 g/mol. The van der Waals surface area contributed by atoms with E-state index in [1.54, 1.807) is 13.8 Å². The summed E-state index contributed by atoms with van der Waals surface area (Å²) in [7, 11) is 0. The zero-order valence-corrected chi connectivity index (χ0v) is 28.9. The van der Waals surface area contributed by atoms with E-state index in [0.29, 0.717) is 24.0 Å². The molecule has 0 heterocycles. The molecule has 262 valence electrons. The fourth-order valence-electron chi connectivity index (χ4n) is 4.56. The Labute approximate surface area is 297 Å². The van der Waals surface area contributed by atoms with Crippen molar-refractivity contribution in [1.29, 1.82) is 0 Å². The van der Waals surface area contributed by atoms with E-state index in [1.165, 1.54) is 24.3 Å². The normalized spacial score (nSPS) is 10.9. The molecule has 0 unspecified atom stereocenters. The van der Waals surface area contributed by atoms with Gasteiger partial charge in [-0.25, -0.2) is 0 Å². The van der Waals surface area contributed by atoms with Crippen LogP contribution in [0.4, 0.5) is 11.4 Å². The molecule has 0 aliphatic carbocycles. The van der Waals surface area contributed by atoms with Crippen LogP contribution in [0.5, 0.6) is 23.0 Å². The predicted octanol–water partition coefficient (Wildman–Crippen LogP) is 6.18. The maximum Gasteiger partial charge on any atom is 2.00 e. The van der Waals surface area contributed by atoms with Crippen molar-refractivity contribution in [2.75, 3.05) is 0 Å². The van der Waals surface area contributed by atoms with E-state index in [4.69, 9.17) is 20.2 Å². The molecule has 0 fully saturated rings. The molecule has 0 amide bonds. The van der Waals surface area contributed by atoms with Gasteiger partial charge in [0, 0.05) is 11.1 Å². The van der Waals surface area contributed by atoms with Gasteiger partial charge < -0.3 is 40.2 Å². The van der Waals surface area contributed by atoms with Gasteiger partial charge in [0.1, 0.15) is 0 Å². The van der Waals surface area contributed by atoms with Crippen LogP contribution in [-0.4, -0.2) is 43.8 Å². The standard InChI is InChI=1S/C20H24N2.2C9H10O4.Ni/c1-3-5-16-20(22-18-14-10-7-11-15-18)19(4-2)21-17-12-8-6-9-13-17;2*1-2-5-3-4-6(10)8(11)7(5)9(12)13;/h6-15H,3-5,16H2,1-2H3;2*3-4,10-11H,2H2,1H3,(H,12,13);/q;;;+2/p-2. The first-order valence-corrected chi connectivity index (χ1v) is 15.7. The van der Waals surface area contributed by atoms with Gasteiger partial charge in [-0.15, -0.1) is 0 Å². The smallest absolute Gasteiger partial charge is 0.545 e. The van der Waals surface area contributed by atoms with Gasteiger partial charge in [-0.2, -0.15) is 0 Å². The molecule has 0 saturated heterocycles. The first-order valence-electron chi connectivity index (χ1n) is 15.7. The Balaban J connectivity index is 0.000000386. The zero-order chi connectivity index (χ0) is 35.6. The third kappa shape index (κ3) is 12.8. The second-order valence-corrected chi connectivity index (χ2v) is 10.5. The number of carboxylic acids is 2. The minimum absolute atomic E-state index is 0. The molecule has 4 aromatic rings. The molecular formula is C38H42N2NiO8. The summed E-state index contributed by atoms with van der Waals surface area (Å²) in [6.45, 7) is 7.85. The Morgan fingerprint density at radius 3 is 1.31 bits per heavy atom. The Morgan fingerprint density at radius 2 is 0.980 bits per heavy atom. The second kappa shape index (κ2) is 21.7. The summed E-state index contributed by atoms with van der Waals surface area (Å²) < 4.78 is 0. The average molecular weight is 713 g/mol. The Morgan fingerprint density at radius 1 is 0.592 bits per heavy atom. The molecule has 49 heavy (non-hydrogen) atoms. The Bertz CT molecular complexity index is 1640. The number of aryl methyl sites for hydroxylation is 2. The van der Waals surface area contributed by atoms with E-state index in [0.717, 1.165) is 48.5 Å². The van der Waals surface area contributed by atoms with Crippen molar-refractivity contribution < 1.29 is 56.7 Å². The number of hydrogen-bond donors (Lipinski definition) is 4. The van der Waals surface area contributed by atoms with Gasteiger partial charge in [-0.05, 0) is 79.6 Å². The summed E-state index contributed by atoms with van der Waals surface area (Å²) in [4.78, 5) is 30.8. The molecule has 0 atom stereocenters. The van der Waals surface area contributed by atoms with Crippen LogP contribution in [0.25, 0.3) is 0 Å². The van der Waals surface area contributed by atoms with Crippen LogP contribution in [0, 0.1) is 0 Å². The van der Waals surface area contributed by atoms with E-state index >= 15 is 0 Å². The largest absolute Gasteiger partial charge is 2.00 e. The summed E-state index contributed by atoms with van der Waals surface area (Å²) in [6.07, 6.45) is 5.08. The number of aromatic hydroxyl groups is 4. The van der Waals surface area contributed by atoms with Crippen LogP contribution in [0.3, 0.4) is 0 Å². The van der Waals surface area contributed by atoms with Gasteiger partial charge in [0.2, 0.25) is 0 Å². The number of carbonyl (C=O) groups is 2. The van der Waals surface area contributed by atoms with Crippen LogP contribution in [0.1, 0.15) is 85.2 Å². The number of hydrogen-bond acceptors (Lipinski definition) is 10. The summed E-state index contributed by atoms with van der Waals surface area (Å²) in [5.41, 5.74) is 4.41. The van der Waals surface area contributed by atoms with Gasteiger partial charge >= 0.3 is 16.5 Å². The molecule has 0 radical (unpaired) electrons. The predicted molar refractivity (Wildman–Crippen MR) is 184 cm³/mol. The molecule has 0 aliphatic heterocycles. The minimum Gasteiger partial charge on any atom is -0.545 e. The summed E-state index contributed by atoms with van der Waals surface area (Å²) in [6, 6.07) is 25.7. The second-order valence-electron chi connectivity index (χ2n) is 10.5. The number of phenolic OH excluding ortho intramolecular Hbond substituents is 2. The molecule has 0 aromatic heterocycles. The molecular weight excluding hydrogens is 671 g/mol. The Kier molecular flexibility index (Phi) is 18.5. The molecule has 10 nitrogen and oxygen atoms in total. The minimum atomic E-state index is -1.48. The van der Waals surface area contributed by atoms with Crippen molar-refractivity contribution in [2.24, 2.45) is 9.98 Å². The van der Waals surface area contributed by atoms with Crippen molar-refractivity contribution in [1.82, 2.24) is 0 Å². The summed E-state index contributed by atoms with van der Waals surface area (Å²) in [5, 5.41) is 57.6. The van der Waals surface area contributed by atoms with Crippen molar-refractivity contribution >= 4 is 34.7 Å². The van der Waals surface area contributed by atoms with E-state index in [9.17, 15) is 30.0 Å². The molecule has 0 aliphatic rings. The number of nitrogens with zero attached hydrogens (tertiary/aromatic N) is 2. The third-order valence-electron chi connectivity index (χ3n) is 7.13. The number of para-hydroxylation sites is 2. The van der Waals surface area contributed by atoms with Crippen molar-refractivity contribution in [3.05, 3.63) is 107 Å².